The van der Waals surface area contributed by atoms with Crippen molar-refractivity contribution in [3.63, 3.8) is 0 Å². The largest absolute Gasteiger partial charge is 0.310 e. The Balaban J connectivity index is 2.52. The van der Waals surface area contributed by atoms with Crippen LogP contribution in [0.4, 0.5) is 4.39 Å². The minimum atomic E-state index is -0.470. The van der Waals surface area contributed by atoms with Gasteiger partial charge in [-0.25, -0.2) is 4.39 Å². The summed E-state index contributed by atoms with van der Waals surface area (Å²) in [6.07, 6.45) is 0. The van der Waals surface area contributed by atoms with E-state index in [1.807, 2.05) is 11.5 Å². The maximum absolute atomic E-state index is 13.4. The van der Waals surface area contributed by atoms with Crippen LogP contribution in [0.15, 0.2) is 18.2 Å². The van der Waals surface area contributed by atoms with E-state index in [0.717, 1.165) is 0 Å². The van der Waals surface area contributed by atoms with Crippen LogP contribution in [0, 0.1) is 5.82 Å². The number of aromatic nitrogens is 3. The number of rotatable bonds is 3. The van der Waals surface area contributed by atoms with Gasteiger partial charge in [0.15, 0.2) is 5.82 Å². The molecular formula is C11H10Cl2FN3. The highest BCUT2D eigenvalue weighted by molar-refractivity contribution is 6.30. The van der Waals surface area contributed by atoms with Crippen LogP contribution in [0.2, 0.25) is 5.02 Å². The maximum atomic E-state index is 13.4. The Morgan fingerprint density at radius 1 is 1.35 bits per heavy atom. The summed E-state index contributed by atoms with van der Waals surface area (Å²) in [5.41, 5.74) is 0.637. The Labute approximate surface area is 108 Å². The molecule has 1 aromatic heterocycles. The van der Waals surface area contributed by atoms with Gasteiger partial charge in [-0.2, -0.15) is 0 Å². The van der Waals surface area contributed by atoms with Gasteiger partial charge in [-0.1, -0.05) is 11.6 Å². The first kappa shape index (κ1) is 12.3. The molecule has 1 aromatic carbocycles. The molecule has 3 nitrogen and oxygen atoms in total. The van der Waals surface area contributed by atoms with E-state index in [-0.39, 0.29) is 10.9 Å². The van der Waals surface area contributed by atoms with Crippen molar-refractivity contribution >= 4 is 23.2 Å². The number of nitrogens with zero attached hydrogens (tertiary/aromatic N) is 3. The standard InChI is InChI=1S/C11H10Cl2FN3/c1-2-17-10(6-12)15-16-11(17)7-3-4-8(13)9(14)5-7/h3-5H,2,6H2,1H3. The molecule has 0 saturated heterocycles. The van der Waals surface area contributed by atoms with Gasteiger partial charge >= 0.3 is 0 Å². The van der Waals surface area contributed by atoms with E-state index in [2.05, 4.69) is 10.2 Å². The van der Waals surface area contributed by atoms with Crippen molar-refractivity contribution in [1.82, 2.24) is 14.8 Å². The minimum absolute atomic E-state index is 0.0916. The third kappa shape index (κ3) is 2.28. The molecule has 0 fully saturated rings. The lowest BCUT2D eigenvalue weighted by atomic mass is 10.2. The van der Waals surface area contributed by atoms with E-state index < -0.39 is 5.82 Å². The van der Waals surface area contributed by atoms with Crippen LogP contribution in [0.3, 0.4) is 0 Å². The molecule has 0 aliphatic heterocycles. The Bertz CT molecular complexity index is 540. The molecule has 0 aliphatic carbocycles. The topological polar surface area (TPSA) is 30.7 Å². The van der Waals surface area contributed by atoms with E-state index in [9.17, 15) is 4.39 Å². The predicted octanol–water partition coefficient (Wildman–Crippen LogP) is 3.50. The number of benzene rings is 1. The molecule has 0 spiro atoms. The van der Waals surface area contributed by atoms with Gasteiger partial charge in [-0.15, -0.1) is 21.8 Å². The molecule has 17 heavy (non-hydrogen) atoms. The Morgan fingerprint density at radius 3 is 2.71 bits per heavy atom. The minimum Gasteiger partial charge on any atom is -0.310 e. The second-order valence-corrected chi connectivity index (χ2v) is 4.12. The monoisotopic (exact) mass is 273 g/mol. The van der Waals surface area contributed by atoms with Gasteiger partial charge in [-0.3, -0.25) is 0 Å². The molecule has 0 amide bonds. The van der Waals surface area contributed by atoms with Crippen molar-refractivity contribution in [2.45, 2.75) is 19.3 Å². The fraction of sp³-hybridized carbons (Fsp3) is 0.273. The highest BCUT2D eigenvalue weighted by Crippen LogP contribution is 2.23. The quantitative estimate of drug-likeness (QED) is 0.802. The molecule has 90 valence electrons. The molecule has 6 heteroatoms. The van der Waals surface area contributed by atoms with Crippen molar-refractivity contribution in [1.29, 1.82) is 0 Å². The van der Waals surface area contributed by atoms with Gasteiger partial charge in [0.05, 0.1) is 10.9 Å². The molecule has 0 saturated carbocycles. The Morgan fingerprint density at radius 2 is 2.12 bits per heavy atom. The fourth-order valence-electron chi connectivity index (χ4n) is 1.62. The van der Waals surface area contributed by atoms with Crippen molar-refractivity contribution in [2.75, 3.05) is 0 Å². The summed E-state index contributed by atoms with van der Waals surface area (Å²) in [6.45, 7) is 2.63. The molecule has 0 N–H and O–H groups in total. The molecule has 0 radical (unpaired) electrons. The van der Waals surface area contributed by atoms with Crippen LogP contribution in [-0.2, 0) is 12.4 Å². The van der Waals surface area contributed by atoms with Crippen LogP contribution in [0.25, 0.3) is 11.4 Å². The lowest BCUT2D eigenvalue weighted by Crippen LogP contribution is -2.02. The summed E-state index contributed by atoms with van der Waals surface area (Å²) >= 11 is 11.4. The van der Waals surface area contributed by atoms with Crippen LogP contribution < -0.4 is 0 Å². The van der Waals surface area contributed by atoms with Crippen LogP contribution in [-0.4, -0.2) is 14.8 Å². The Kier molecular flexibility index (Phi) is 3.64. The van der Waals surface area contributed by atoms with Crippen molar-refractivity contribution in [3.8, 4) is 11.4 Å². The van der Waals surface area contributed by atoms with E-state index in [1.165, 1.54) is 12.1 Å². The number of hydrogen-bond acceptors (Lipinski definition) is 2. The average Bonchev–Trinajstić information content (AvgIpc) is 2.75. The summed E-state index contributed by atoms with van der Waals surface area (Å²) in [5, 5.41) is 8.07. The molecule has 1 heterocycles. The SMILES string of the molecule is CCn1c(CCl)nnc1-c1ccc(Cl)c(F)c1. The van der Waals surface area contributed by atoms with E-state index in [0.29, 0.717) is 23.8 Å². The van der Waals surface area contributed by atoms with Crippen molar-refractivity contribution in [2.24, 2.45) is 0 Å². The summed E-state index contributed by atoms with van der Waals surface area (Å²) in [4.78, 5) is 0. The van der Waals surface area contributed by atoms with Crippen LogP contribution >= 0.6 is 23.2 Å². The zero-order chi connectivity index (χ0) is 12.4. The van der Waals surface area contributed by atoms with Crippen molar-refractivity contribution < 1.29 is 4.39 Å². The molecule has 0 aliphatic rings. The summed E-state index contributed by atoms with van der Waals surface area (Å²) in [5.74, 6) is 1.07. The zero-order valence-electron chi connectivity index (χ0n) is 9.12. The number of halogens is 3. The molecule has 2 aromatic rings. The highest BCUT2D eigenvalue weighted by Gasteiger charge is 2.13. The van der Waals surface area contributed by atoms with Gasteiger partial charge < -0.3 is 4.57 Å². The van der Waals surface area contributed by atoms with Crippen LogP contribution in [0.1, 0.15) is 12.7 Å². The lowest BCUT2D eigenvalue weighted by Gasteiger charge is -2.06. The highest BCUT2D eigenvalue weighted by atomic mass is 35.5. The maximum Gasteiger partial charge on any atom is 0.164 e. The van der Waals surface area contributed by atoms with Gasteiger partial charge in [0.2, 0.25) is 0 Å². The predicted molar refractivity (Wildman–Crippen MR) is 65.7 cm³/mol. The number of alkyl halides is 1. The molecule has 2 rings (SSSR count). The fourth-order valence-corrected chi connectivity index (χ4v) is 1.93. The summed E-state index contributed by atoms with van der Waals surface area (Å²) in [6, 6.07) is 4.55. The van der Waals surface area contributed by atoms with E-state index >= 15 is 0 Å². The molecule has 0 bridgehead atoms. The van der Waals surface area contributed by atoms with E-state index in [1.54, 1.807) is 6.07 Å². The first-order valence-electron chi connectivity index (χ1n) is 5.10. The number of hydrogen-bond donors (Lipinski definition) is 0. The lowest BCUT2D eigenvalue weighted by molar-refractivity contribution is 0.628. The second-order valence-electron chi connectivity index (χ2n) is 3.45. The Hall–Kier alpha value is -1.13. The van der Waals surface area contributed by atoms with Gasteiger partial charge in [0.1, 0.15) is 11.6 Å². The van der Waals surface area contributed by atoms with Gasteiger partial charge in [-0.05, 0) is 25.1 Å². The summed E-state index contributed by atoms with van der Waals surface area (Å²) < 4.78 is 15.2. The first-order valence-corrected chi connectivity index (χ1v) is 6.02. The van der Waals surface area contributed by atoms with E-state index in [4.69, 9.17) is 23.2 Å². The normalized spacial score (nSPS) is 10.8. The zero-order valence-corrected chi connectivity index (χ0v) is 10.6. The third-order valence-electron chi connectivity index (χ3n) is 2.44. The molecule has 0 unspecified atom stereocenters. The van der Waals surface area contributed by atoms with Crippen molar-refractivity contribution in [3.05, 3.63) is 34.9 Å². The van der Waals surface area contributed by atoms with Gasteiger partial charge in [0.25, 0.3) is 0 Å². The molecular weight excluding hydrogens is 264 g/mol. The van der Waals surface area contributed by atoms with Gasteiger partial charge in [0, 0.05) is 12.1 Å². The first-order chi connectivity index (χ1) is 8.17. The average molecular weight is 274 g/mol. The third-order valence-corrected chi connectivity index (χ3v) is 2.99. The van der Waals surface area contributed by atoms with Crippen LogP contribution in [0.5, 0.6) is 0 Å². The smallest absolute Gasteiger partial charge is 0.164 e. The second kappa shape index (κ2) is 5.02. The summed E-state index contributed by atoms with van der Waals surface area (Å²) in [7, 11) is 0. The molecule has 0 atom stereocenters.